The van der Waals surface area contributed by atoms with Crippen molar-refractivity contribution in [2.75, 3.05) is 45.1 Å². The van der Waals surface area contributed by atoms with Crippen LogP contribution >= 0.6 is 11.3 Å². The zero-order valence-electron chi connectivity index (χ0n) is 26.7. The van der Waals surface area contributed by atoms with Gasteiger partial charge in [0.15, 0.2) is 0 Å². The van der Waals surface area contributed by atoms with Crippen LogP contribution < -0.4 is 5.32 Å². The number of anilines is 1. The zero-order chi connectivity index (χ0) is 32.0. The highest BCUT2D eigenvalue weighted by atomic mass is 32.1. The molecule has 0 saturated heterocycles. The van der Waals surface area contributed by atoms with E-state index in [1.165, 1.54) is 27.4 Å². The molecule has 11 nitrogen and oxygen atoms in total. The molecule has 0 aliphatic carbocycles. The summed E-state index contributed by atoms with van der Waals surface area (Å²) < 4.78 is 5.55. The number of aryl methyl sites for hydroxylation is 2. The van der Waals surface area contributed by atoms with Crippen molar-refractivity contribution in [3.8, 4) is 10.6 Å². The minimum atomic E-state index is -0.643. The lowest BCUT2D eigenvalue weighted by Crippen LogP contribution is -2.50. The monoisotopic (exact) mass is 621 g/mol. The summed E-state index contributed by atoms with van der Waals surface area (Å²) in [5.74, 6) is -0.468. The highest BCUT2D eigenvalue weighted by Crippen LogP contribution is 2.28. The molecule has 1 N–H and O–H groups in total. The van der Waals surface area contributed by atoms with Gasteiger partial charge in [0.05, 0.1) is 6.54 Å². The predicted molar refractivity (Wildman–Crippen MR) is 172 cm³/mol. The Hall–Kier alpha value is -4.03. The van der Waals surface area contributed by atoms with E-state index in [1.807, 2.05) is 76.9 Å². The Bertz CT molecular complexity index is 1460. The number of ether oxygens (including phenoxy) is 1. The molecule has 0 bridgehead atoms. The van der Waals surface area contributed by atoms with E-state index in [9.17, 15) is 14.4 Å². The second-order valence-electron chi connectivity index (χ2n) is 11.9. The molecule has 236 valence electrons. The quantitative estimate of drug-likeness (QED) is 0.328. The predicted octanol–water partition coefficient (Wildman–Crippen LogP) is 4.71. The van der Waals surface area contributed by atoms with Crippen molar-refractivity contribution in [1.82, 2.24) is 30.0 Å². The molecule has 4 rings (SSSR count). The Labute approximate surface area is 263 Å². The highest BCUT2D eigenvalue weighted by Gasteiger charge is 2.28. The van der Waals surface area contributed by atoms with Crippen molar-refractivity contribution < 1.29 is 19.1 Å². The number of amides is 3. The largest absolute Gasteiger partial charge is 0.444 e. The lowest BCUT2D eigenvalue weighted by Gasteiger charge is -2.32. The maximum atomic E-state index is 13.7. The maximum absolute atomic E-state index is 13.7. The van der Waals surface area contributed by atoms with Crippen LogP contribution in [-0.4, -0.2) is 93.3 Å². The number of aromatic nitrogens is 2. The lowest BCUT2D eigenvalue weighted by atomic mass is 10.1. The van der Waals surface area contributed by atoms with Gasteiger partial charge < -0.3 is 19.9 Å². The molecule has 0 fully saturated rings. The first-order valence-corrected chi connectivity index (χ1v) is 15.6. The van der Waals surface area contributed by atoms with Gasteiger partial charge in [-0.25, -0.2) is 9.80 Å². The fraction of sp³-hybridized carbons (Fsp3) is 0.469. The van der Waals surface area contributed by atoms with E-state index >= 15 is 0 Å². The summed E-state index contributed by atoms with van der Waals surface area (Å²) in [5.41, 5.74) is 4.40. The molecule has 3 amide bonds. The maximum Gasteiger partial charge on any atom is 0.410 e. The van der Waals surface area contributed by atoms with Crippen molar-refractivity contribution in [2.45, 2.75) is 60.2 Å². The van der Waals surface area contributed by atoms with E-state index < -0.39 is 11.7 Å². The van der Waals surface area contributed by atoms with E-state index in [0.29, 0.717) is 19.6 Å². The number of rotatable bonds is 11. The van der Waals surface area contributed by atoms with Gasteiger partial charge in [-0.15, -0.1) is 10.2 Å². The number of hydrogen-bond acceptors (Lipinski definition) is 9. The van der Waals surface area contributed by atoms with Crippen molar-refractivity contribution in [2.24, 2.45) is 0 Å². The molecule has 2 aromatic carbocycles. The van der Waals surface area contributed by atoms with Gasteiger partial charge in [-0.1, -0.05) is 47.7 Å². The molecular formula is C32H43N7O4S. The van der Waals surface area contributed by atoms with Crippen molar-refractivity contribution in [3.05, 3.63) is 64.2 Å². The molecule has 44 heavy (non-hydrogen) atoms. The molecule has 1 aliphatic heterocycles. The van der Waals surface area contributed by atoms with Crippen LogP contribution in [-0.2, 0) is 27.4 Å². The number of carbonyl (C=O) groups is 3. The van der Waals surface area contributed by atoms with Gasteiger partial charge in [0.2, 0.25) is 5.91 Å². The number of nitrogens with zero attached hydrogens (tertiary/aromatic N) is 6. The summed E-state index contributed by atoms with van der Waals surface area (Å²) in [4.78, 5) is 43.0. The number of nitrogens with one attached hydrogen (secondary N) is 1. The van der Waals surface area contributed by atoms with Crippen LogP contribution in [0.3, 0.4) is 0 Å². The standard InChI is InChI=1S/C32H43N7O4S/c1-8-37(31(42)43-32(4,5)6)15-16-38(21-29(41)36(7)39-19-25-11-9-10-12-26(25)20-39)28(40)18-33-27-17-24(14-13-22(27)2)30-35-34-23(3)44-30/h9-14,17,33H,8,15-16,18-21H2,1-7H3. The fourth-order valence-electron chi connectivity index (χ4n) is 4.83. The molecule has 12 heteroatoms. The van der Waals surface area contributed by atoms with Crippen LogP contribution in [0.1, 0.15) is 49.4 Å². The molecule has 2 heterocycles. The molecule has 0 unspecified atom stereocenters. The van der Waals surface area contributed by atoms with E-state index in [4.69, 9.17) is 4.74 Å². The molecule has 3 aromatic rings. The molecule has 0 spiro atoms. The van der Waals surface area contributed by atoms with Gasteiger partial charge >= 0.3 is 6.09 Å². The Morgan fingerprint density at radius 3 is 2.23 bits per heavy atom. The summed E-state index contributed by atoms with van der Waals surface area (Å²) in [7, 11) is 1.73. The highest BCUT2D eigenvalue weighted by molar-refractivity contribution is 7.14. The van der Waals surface area contributed by atoms with Gasteiger partial charge in [0, 0.05) is 51.0 Å². The molecule has 0 radical (unpaired) electrons. The molecule has 1 aliphatic rings. The van der Waals surface area contributed by atoms with E-state index in [-0.39, 0.29) is 38.0 Å². The third-order valence-corrected chi connectivity index (χ3v) is 8.29. The van der Waals surface area contributed by atoms with Crippen LogP contribution in [0.25, 0.3) is 10.6 Å². The second kappa shape index (κ2) is 14.2. The third kappa shape index (κ3) is 8.54. The van der Waals surface area contributed by atoms with Gasteiger partial charge in [0.25, 0.3) is 5.91 Å². The Morgan fingerprint density at radius 1 is 0.977 bits per heavy atom. The number of fused-ring (bicyclic) bond motifs is 1. The smallest absolute Gasteiger partial charge is 0.410 e. The zero-order valence-corrected chi connectivity index (χ0v) is 27.5. The van der Waals surface area contributed by atoms with Crippen LogP contribution in [0, 0.1) is 13.8 Å². The summed E-state index contributed by atoms with van der Waals surface area (Å²) >= 11 is 1.50. The first kappa shape index (κ1) is 32.9. The number of hydrogen-bond donors (Lipinski definition) is 1. The van der Waals surface area contributed by atoms with E-state index in [1.54, 1.807) is 17.0 Å². The minimum Gasteiger partial charge on any atom is -0.444 e. The first-order valence-electron chi connectivity index (χ1n) is 14.8. The molecule has 0 atom stereocenters. The Morgan fingerprint density at radius 2 is 1.64 bits per heavy atom. The summed E-state index contributed by atoms with van der Waals surface area (Å²) in [6, 6.07) is 14.0. The average molecular weight is 622 g/mol. The lowest BCUT2D eigenvalue weighted by molar-refractivity contribution is -0.151. The van der Waals surface area contributed by atoms with Crippen molar-refractivity contribution in [3.63, 3.8) is 0 Å². The van der Waals surface area contributed by atoms with Gasteiger partial charge in [-0.2, -0.15) is 0 Å². The van der Waals surface area contributed by atoms with Crippen molar-refractivity contribution >= 4 is 34.9 Å². The summed E-state index contributed by atoms with van der Waals surface area (Å²) in [5, 5.41) is 16.8. The topological polar surface area (TPSA) is 111 Å². The van der Waals surface area contributed by atoms with Gasteiger partial charge in [0.1, 0.15) is 22.2 Å². The van der Waals surface area contributed by atoms with Gasteiger partial charge in [-0.3, -0.25) is 14.6 Å². The average Bonchev–Trinajstić information content (AvgIpc) is 3.61. The van der Waals surface area contributed by atoms with Crippen LogP contribution in [0.15, 0.2) is 42.5 Å². The number of carbonyl (C=O) groups excluding carboxylic acids is 3. The Kier molecular flexibility index (Phi) is 10.6. The molecule has 0 saturated carbocycles. The third-order valence-electron chi connectivity index (χ3n) is 7.40. The number of hydrazine groups is 1. The molecular weight excluding hydrogens is 578 g/mol. The van der Waals surface area contributed by atoms with E-state index in [2.05, 4.69) is 27.6 Å². The van der Waals surface area contributed by atoms with Crippen molar-refractivity contribution in [1.29, 1.82) is 0 Å². The first-order chi connectivity index (χ1) is 20.8. The minimum absolute atomic E-state index is 0.0237. The van der Waals surface area contributed by atoms with E-state index in [0.717, 1.165) is 26.8 Å². The van der Waals surface area contributed by atoms with Crippen LogP contribution in [0.5, 0.6) is 0 Å². The summed E-state index contributed by atoms with van der Waals surface area (Å²) in [6.07, 6.45) is -0.455. The normalized spacial score (nSPS) is 12.9. The van der Waals surface area contributed by atoms with Crippen LogP contribution in [0.2, 0.25) is 0 Å². The number of likely N-dealkylation sites (N-methyl/N-ethyl adjacent to an activating group) is 2. The number of benzene rings is 2. The van der Waals surface area contributed by atoms with Crippen LogP contribution in [0.4, 0.5) is 10.5 Å². The Balaban J connectivity index is 1.46. The molecule has 1 aromatic heterocycles. The SMILES string of the molecule is CCN(CCN(CC(=O)N(C)N1Cc2ccccc2C1)C(=O)CNc1cc(-c2nnc(C)s2)ccc1C)C(=O)OC(C)(C)C. The summed E-state index contributed by atoms with van der Waals surface area (Å²) in [6.45, 7) is 13.1. The second-order valence-corrected chi connectivity index (χ2v) is 13.1. The van der Waals surface area contributed by atoms with Gasteiger partial charge in [-0.05, 0) is 64.3 Å². The fourth-order valence-corrected chi connectivity index (χ4v) is 5.52.